The van der Waals surface area contributed by atoms with E-state index >= 15 is 0 Å². The normalized spacial score (nSPS) is 12.3. The van der Waals surface area contributed by atoms with E-state index in [0.717, 1.165) is 37.9 Å². The summed E-state index contributed by atoms with van der Waals surface area (Å²) in [5, 5.41) is 8.16. The Kier molecular flexibility index (Phi) is 6.00. The van der Waals surface area contributed by atoms with Crippen LogP contribution >= 0.6 is 11.3 Å². The van der Waals surface area contributed by atoms with Crippen molar-refractivity contribution in [2.75, 3.05) is 19.6 Å². The number of nitrogens with zero attached hydrogens (tertiary/aromatic N) is 4. The first-order valence-electron chi connectivity index (χ1n) is 11.9. The molecule has 38 heavy (non-hydrogen) atoms. The first-order chi connectivity index (χ1) is 18.3. The number of imidazole rings is 1. The third kappa shape index (κ3) is 4.68. The van der Waals surface area contributed by atoms with Crippen LogP contribution < -0.4 is 9.47 Å². The highest BCUT2D eigenvalue weighted by Gasteiger charge is 2.17. The van der Waals surface area contributed by atoms with E-state index in [0.29, 0.717) is 28.5 Å². The molecule has 2 aromatic carbocycles. The summed E-state index contributed by atoms with van der Waals surface area (Å²) >= 11 is 1.55. The molecule has 4 aromatic heterocycles. The SMILES string of the molecule is COc1cc(OCc2csc(-c3ccc([SH](C)(C)=O)cc3)n2)c2cc(-c3cn4nc(C)ccc4n3)oc2c1. The van der Waals surface area contributed by atoms with Crippen LogP contribution in [0.3, 0.4) is 0 Å². The van der Waals surface area contributed by atoms with Crippen LogP contribution in [-0.2, 0) is 16.5 Å². The van der Waals surface area contributed by atoms with Crippen molar-refractivity contribution in [3.63, 3.8) is 0 Å². The average molecular weight is 547 g/mol. The van der Waals surface area contributed by atoms with Gasteiger partial charge >= 0.3 is 0 Å². The Bertz CT molecular complexity index is 1830. The van der Waals surface area contributed by atoms with Crippen molar-refractivity contribution in [3.8, 4) is 33.5 Å². The fourth-order valence-corrected chi connectivity index (χ4v) is 5.84. The highest BCUT2D eigenvalue weighted by atomic mass is 32.2. The number of hydrogen-bond donors (Lipinski definition) is 1. The number of ether oxygens (including phenoxy) is 2. The number of methoxy groups -OCH3 is 1. The lowest BCUT2D eigenvalue weighted by Gasteiger charge is -2.12. The summed E-state index contributed by atoms with van der Waals surface area (Å²) in [7, 11) is -0.677. The first-order valence-corrected chi connectivity index (χ1v) is 15.4. The van der Waals surface area contributed by atoms with Crippen molar-refractivity contribution in [2.24, 2.45) is 0 Å². The Hall–Kier alpha value is -4.02. The maximum Gasteiger partial charge on any atom is 0.155 e. The fourth-order valence-electron chi connectivity index (χ4n) is 4.16. The zero-order chi connectivity index (χ0) is 26.4. The standard InChI is InChI=1S/C28H26N4O4S2/c1-17-5-10-27-30-23(14-32(27)31-17)26-13-22-24(11-20(34-2)12-25(22)36-26)35-15-19-16-37-28(29-19)18-6-8-21(9-7-18)38(3,4)33/h5-14,16,38H,15H2,1-4H3. The van der Waals surface area contributed by atoms with E-state index in [1.54, 1.807) is 35.5 Å². The van der Waals surface area contributed by atoms with E-state index in [1.165, 1.54) is 0 Å². The van der Waals surface area contributed by atoms with Crippen molar-refractivity contribution >= 4 is 37.9 Å². The van der Waals surface area contributed by atoms with Crippen LogP contribution in [0.4, 0.5) is 0 Å². The van der Waals surface area contributed by atoms with Gasteiger partial charge in [0.1, 0.15) is 34.4 Å². The van der Waals surface area contributed by atoms with Gasteiger partial charge in [0.2, 0.25) is 0 Å². The van der Waals surface area contributed by atoms with E-state index in [2.05, 4.69) is 10.1 Å². The fraction of sp³-hybridized carbons (Fsp3) is 0.179. The van der Waals surface area contributed by atoms with Crippen molar-refractivity contribution in [3.05, 3.63) is 77.6 Å². The van der Waals surface area contributed by atoms with Gasteiger partial charge < -0.3 is 13.9 Å². The molecule has 6 rings (SSSR count). The molecule has 4 heterocycles. The number of hydrogen-bond acceptors (Lipinski definition) is 8. The summed E-state index contributed by atoms with van der Waals surface area (Å²) in [5.74, 6) is 1.88. The number of rotatable bonds is 7. The van der Waals surface area contributed by atoms with E-state index < -0.39 is 9.93 Å². The van der Waals surface area contributed by atoms with Gasteiger partial charge in [-0.3, -0.25) is 4.21 Å². The quantitative estimate of drug-likeness (QED) is 0.253. The van der Waals surface area contributed by atoms with Crippen LogP contribution in [0.25, 0.3) is 38.6 Å². The molecule has 0 unspecified atom stereocenters. The largest absolute Gasteiger partial charge is 0.496 e. The third-order valence-electron chi connectivity index (χ3n) is 6.18. The van der Waals surface area contributed by atoms with Crippen molar-refractivity contribution < 1.29 is 18.1 Å². The summed E-state index contributed by atoms with van der Waals surface area (Å²) in [4.78, 5) is 10.2. The lowest BCUT2D eigenvalue weighted by molar-refractivity contribution is 0.303. The summed E-state index contributed by atoms with van der Waals surface area (Å²) in [6.07, 6.45) is 5.39. The molecule has 6 aromatic rings. The van der Waals surface area contributed by atoms with Gasteiger partial charge in [0.15, 0.2) is 11.4 Å². The molecule has 0 fully saturated rings. The van der Waals surface area contributed by atoms with Crippen LogP contribution in [0.5, 0.6) is 11.5 Å². The number of thiazole rings is 1. The molecule has 0 radical (unpaired) electrons. The Morgan fingerprint density at radius 2 is 1.87 bits per heavy atom. The maximum absolute atomic E-state index is 12.3. The minimum absolute atomic E-state index is 0.286. The predicted molar refractivity (Wildman–Crippen MR) is 151 cm³/mol. The zero-order valence-electron chi connectivity index (χ0n) is 21.3. The molecular formula is C28H26N4O4S2. The second kappa shape index (κ2) is 9.38. The highest BCUT2D eigenvalue weighted by Crippen LogP contribution is 2.37. The van der Waals surface area contributed by atoms with Crippen LogP contribution in [0.1, 0.15) is 11.4 Å². The Morgan fingerprint density at radius 1 is 1.05 bits per heavy atom. The van der Waals surface area contributed by atoms with Gasteiger partial charge in [-0.05, 0) is 49.8 Å². The number of furan rings is 1. The van der Waals surface area contributed by atoms with Gasteiger partial charge in [-0.25, -0.2) is 14.5 Å². The number of aromatic nitrogens is 4. The first kappa shape index (κ1) is 24.3. The molecule has 0 spiro atoms. The summed E-state index contributed by atoms with van der Waals surface area (Å²) in [5.41, 5.74) is 4.76. The number of fused-ring (bicyclic) bond motifs is 2. The molecule has 0 bridgehead atoms. The molecule has 0 aliphatic heterocycles. The van der Waals surface area contributed by atoms with Crippen LogP contribution in [-0.4, -0.2) is 43.4 Å². The summed E-state index contributed by atoms with van der Waals surface area (Å²) in [6.45, 7) is 2.22. The van der Waals surface area contributed by atoms with Gasteiger partial charge in [0.05, 0.1) is 30.1 Å². The molecule has 0 aliphatic rings. The lowest BCUT2D eigenvalue weighted by atomic mass is 10.2. The van der Waals surface area contributed by atoms with Crippen molar-refractivity contribution in [1.29, 1.82) is 0 Å². The predicted octanol–water partition coefficient (Wildman–Crippen LogP) is 5.80. The monoisotopic (exact) mass is 546 g/mol. The molecule has 0 N–H and O–H groups in total. The van der Waals surface area contributed by atoms with Crippen molar-refractivity contribution in [2.45, 2.75) is 18.4 Å². The molecule has 10 heteroatoms. The van der Waals surface area contributed by atoms with Crippen LogP contribution in [0.2, 0.25) is 0 Å². The number of benzene rings is 2. The molecule has 0 aliphatic carbocycles. The van der Waals surface area contributed by atoms with Crippen LogP contribution in [0, 0.1) is 6.92 Å². The highest BCUT2D eigenvalue weighted by molar-refractivity contribution is 8.01. The molecule has 8 nitrogen and oxygen atoms in total. The third-order valence-corrected chi connectivity index (χ3v) is 8.66. The van der Waals surface area contributed by atoms with Gasteiger partial charge in [-0.15, -0.1) is 11.3 Å². The second-order valence-electron chi connectivity index (χ2n) is 9.38. The maximum atomic E-state index is 12.3. The Labute approximate surface area is 224 Å². The lowest BCUT2D eigenvalue weighted by Crippen LogP contribution is -2.05. The smallest absolute Gasteiger partial charge is 0.155 e. The number of aryl methyl sites for hydroxylation is 1. The number of thiol groups is 1. The average Bonchev–Trinajstić information content (AvgIpc) is 3.64. The summed E-state index contributed by atoms with van der Waals surface area (Å²) in [6, 6.07) is 17.2. The topological polar surface area (TPSA) is 91.8 Å². The zero-order valence-corrected chi connectivity index (χ0v) is 23.0. The van der Waals surface area contributed by atoms with E-state index in [-0.39, 0.29) is 6.61 Å². The van der Waals surface area contributed by atoms with Gasteiger partial charge in [0.25, 0.3) is 0 Å². The molecule has 194 valence electrons. The van der Waals surface area contributed by atoms with E-state index in [4.69, 9.17) is 18.9 Å². The molecule has 0 amide bonds. The van der Waals surface area contributed by atoms with Crippen molar-refractivity contribution in [1.82, 2.24) is 19.6 Å². The molecule has 0 saturated carbocycles. The van der Waals surface area contributed by atoms with Crippen LogP contribution in [0.15, 0.2) is 75.5 Å². The Balaban J connectivity index is 1.26. The Morgan fingerprint density at radius 3 is 2.63 bits per heavy atom. The van der Waals surface area contributed by atoms with Gasteiger partial charge in [-0.1, -0.05) is 22.1 Å². The van der Waals surface area contributed by atoms with Gasteiger partial charge in [-0.2, -0.15) is 5.10 Å². The van der Waals surface area contributed by atoms with E-state index in [9.17, 15) is 4.21 Å². The molecular weight excluding hydrogens is 520 g/mol. The van der Waals surface area contributed by atoms with Gasteiger partial charge in [0, 0.05) is 28.0 Å². The molecule has 0 atom stereocenters. The minimum Gasteiger partial charge on any atom is -0.496 e. The van der Waals surface area contributed by atoms with E-state index in [1.807, 2.05) is 73.1 Å². The second-order valence-corrected chi connectivity index (χ2v) is 13.5. The minimum atomic E-state index is -2.29. The summed E-state index contributed by atoms with van der Waals surface area (Å²) < 4.78 is 31.9. The molecule has 0 saturated heterocycles.